The molecule has 0 saturated heterocycles. The van der Waals surface area contributed by atoms with Crippen molar-refractivity contribution >= 4 is 46.0 Å². The van der Waals surface area contributed by atoms with Crippen LogP contribution < -0.4 is 26.0 Å². The number of fused-ring (bicyclic) bond motifs is 2. The lowest BCUT2D eigenvalue weighted by atomic mass is 9.71. The molecular formula is C33H50N4OS2. The lowest BCUT2D eigenvalue weighted by Crippen LogP contribution is -2.32. The number of benzene rings is 2. The second-order valence-electron chi connectivity index (χ2n) is 13.5. The summed E-state index contributed by atoms with van der Waals surface area (Å²) in [6, 6.07) is 8.98. The van der Waals surface area contributed by atoms with Gasteiger partial charge < -0.3 is 26.0 Å². The van der Waals surface area contributed by atoms with Gasteiger partial charge in [0.25, 0.3) is 0 Å². The van der Waals surface area contributed by atoms with Crippen molar-refractivity contribution in [2.45, 2.75) is 111 Å². The minimum absolute atomic E-state index is 0.0462. The number of rotatable bonds is 8. The highest BCUT2D eigenvalue weighted by Crippen LogP contribution is 2.55. The Labute approximate surface area is 253 Å². The van der Waals surface area contributed by atoms with Crippen LogP contribution in [-0.2, 0) is 16.2 Å². The predicted octanol–water partition coefficient (Wildman–Crippen LogP) is 8.89. The number of ether oxygens (including phenoxy) is 1. The molecule has 0 radical (unpaired) electrons. The number of unbranched alkanes of at least 4 members (excludes halogenated alkanes) is 2. The maximum Gasteiger partial charge on any atom is 0.170 e. The van der Waals surface area contributed by atoms with Crippen molar-refractivity contribution in [1.82, 2.24) is 10.6 Å². The lowest BCUT2D eigenvalue weighted by molar-refractivity contribution is 0.419. The van der Waals surface area contributed by atoms with E-state index >= 15 is 0 Å². The molecule has 0 saturated carbocycles. The number of anilines is 2. The van der Waals surface area contributed by atoms with Gasteiger partial charge in [-0.3, -0.25) is 0 Å². The Kier molecular flexibility index (Phi) is 10.2. The molecule has 0 fully saturated rings. The molecule has 0 aliphatic carbocycles. The van der Waals surface area contributed by atoms with Crippen molar-refractivity contribution < 1.29 is 4.74 Å². The monoisotopic (exact) mass is 582 g/mol. The van der Waals surface area contributed by atoms with Crippen LogP contribution >= 0.6 is 24.4 Å². The highest BCUT2D eigenvalue weighted by molar-refractivity contribution is 7.80. The van der Waals surface area contributed by atoms with Gasteiger partial charge in [-0.15, -0.1) is 0 Å². The summed E-state index contributed by atoms with van der Waals surface area (Å²) in [5.74, 6) is 1.61. The molecule has 2 aromatic rings. The molecule has 7 heteroatoms. The minimum atomic E-state index is -0.327. The first kappa shape index (κ1) is 32.1. The van der Waals surface area contributed by atoms with Crippen molar-refractivity contribution in [3.8, 4) is 11.5 Å². The molecule has 4 N–H and O–H groups in total. The van der Waals surface area contributed by atoms with E-state index < -0.39 is 0 Å². The topological polar surface area (TPSA) is 57.4 Å². The van der Waals surface area contributed by atoms with Crippen LogP contribution in [0.25, 0.3) is 0 Å². The summed E-state index contributed by atoms with van der Waals surface area (Å²) in [5, 5.41) is 14.9. The molecule has 1 aliphatic rings. The highest BCUT2D eigenvalue weighted by Gasteiger charge is 2.39. The Morgan fingerprint density at radius 1 is 0.700 bits per heavy atom. The van der Waals surface area contributed by atoms with Gasteiger partial charge in [-0.1, -0.05) is 94.2 Å². The molecule has 3 rings (SSSR count). The molecule has 0 spiro atoms. The Morgan fingerprint density at radius 2 is 1.07 bits per heavy atom. The number of thiocarbonyl (C=S) groups is 2. The van der Waals surface area contributed by atoms with Gasteiger partial charge in [-0.2, -0.15) is 0 Å². The molecule has 40 heavy (non-hydrogen) atoms. The van der Waals surface area contributed by atoms with Gasteiger partial charge in [0.2, 0.25) is 0 Å². The van der Waals surface area contributed by atoms with Crippen LogP contribution in [-0.4, -0.2) is 23.3 Å². The standard InChI is InChI=1S/C33H50N4OS2/c1-11-13-15-34-29(39)36-25-19-21(31(3,4)5)17-23-27(25)38-28-24(33(23,9)10)18-22(32(6,7)8)20-26(28)37-30(40)35-16-14-12-2/h17-20H,11-16H2,1-10H3,(H2,34,36,39)(H2,35,37,40). The molecule has 0 bridgehead atoms. The lowest BCUT2D eigenvalue weighted by Gasteiger charge is -2.39. The van der Waals surface area contributed by atoms with Crippen molar-refractivity contribution in [2.24, 2.45) is 0 Å². The maximum absolute atomic E-state index is 6.86. The average molecular weight is 583 g/mol. The van der Waals surface area contributed by atoms with E-state index in [1.807, 2.05) is 0 Å². The minimum Gasteiger partial charge on any atom is -0.452 e. The molecule has 2 aromatic carbocycles. The van der Waals surface area contributed by atoms with Crippen molar-refractivity contribution in [1.29, 1.82) is 0 Å². The quantitative estimate of drug-likeness (QED) is 0.183. The van der Waals surface area contributed by atoms with E-state index in [1.54, 1.807) is 0 Å². The van der Waals surface area contributed by atoms with Gasteiger partial charge in [-0.05, 0) is 71.4 Å². The van der Waals surface area contributed by atoms with E-state index in [0.717, 1.165) is 72.8 Å². The van der Waals surface area contributed by atoms with Crippen LogP contribution in [0, 0.1) is 0 Å². The zero-order valence-corrected chi connectivity index (χ0v) is 27.9. The third-order valence-electron chi connectivity index (χ3n) is 7.59. The van der Waals surface area contributed by atoms with Gasteiger partial charge >= 0.3 is 0 Å². The van der Waals surface area contributed by atoms with Crippen molar-refractivity contribution in [3.05, 3.63) is 46.5 Å². The Hall–Kier alpha value is -2.38. The maximum atomic E-state index is 6.86. The van der Waals surface area contributed by atoms with Crippen LogP contribution in [0.15, 0.2) is 24.3 Å². The van der Waals surface area contributed by atoms with E-state index in [1.165, 1.54) is 11.1 Å². The molecule has 0 atom stereocenters. The summed E-state index contributed by atoms with van der Waals surface area (Å²) in [4.78, 5) is 0. The van der Waals surface area contributed by atoms with E-state index in [9.17, 15) is 0 Å². The molecule has 0 amide bonds. The zero-order valence-electron chi connectivity index (χ0n) is 26.3. The van der Waals surface area contributed by atoms with Crippen LogP contribution in [0.2, 0.25) is 0 Å². The second-order valence-corrected chi connectivity index (χ2v) is 14.3. The fourth-order valence-electron chi connectivity index (χ4n) is 4.80. The van der Waals surface area contributed by atoms with Crippen LogP contribution in [0.4, 0.5) is 11.4 Å². The van der Waals surface area contributed by atoms with Crippen LogP contribution in [0.5, 0.6) is 11.5 Å². The first-order valence-corrected chi connectivity index (χ1v) is 15.6. The first-order valence-electron chi connectivity index (χ1n) is 14.7. The van der Waals surface area contributed by atoms with E-state index in [0.29, 0.717) is 10.2 Å². The van der Waals surface area contributed by atoms with E-state index in [2.05, 4.69) is 115 Å². The molecule has 220 valence electrons. The van der Waals surface area contributed by atoms with Gasteiger partial charge in [0, 0.05) is 29.6 Å². The summed E-state index contributed by atoms with van der Waals surface area (Å²) in [7, 11) is 0. The van der Waals surface area contributed by atoms with Gasteiger partial charge in [-0.25, -0.2) is 0 Å². The average Bonchev–Trinajstić information content (AvgIpc) is 2.84. The second kappa shape index (κ2) is 12.6. The van der Waals surface area contributed by atoms with E-state index in [-0.39, 0.29) is 16.2 Å². The SMILES string of the molecule is CCCCNC(=S)Nc1cc(C(C)(C)C)cc2c1Oc1c(NC(=S)NCCCC)cc(C(C)(C)C)cc1C2(C)C. The number of nitrogens with one attached hydrogen (secondary N) is 4. The molecule has 1 aliphatic heterocycles. The summed E-state index contributed by atoms with van der Waals surface area (Å²) < 4.78 is 6.86. The molecule has 0 unspecified atom stereocenters. The zero-order chi connectivity index (χ0) is 29.9. The predicted molar refractivity (Wildman–Crippen MR) is 181 cm³/mol. The van der Waals surface area contributed by atoms with Crippen LogP contribution in [0.1, 0.15) is 117 Å². The molecular weight excluding hydrogens is 533 g/mol. The Bertz CT molecular complexity index is 1140. The summed E-state index contributed by atoms with van der Waals surface area (Å²) >= 11 is 11.4. The van der Waals surface area contributed by atoms with Gasteiger partial charge in [0.05, 0.1) is 11.4 Å². The summed E-state index contributed by atoms with van der Waals surface area (Å²) in [6.07, 6.45) is 4.35. The first-order chi connectivity index (χ1) is 18.6. The Balaban J connectivity index is 2.17. The van der Waals surface area contributed by atoms with Crippen molar-refractivity contribution in [2.75, 3.05) is 23.7 Å². The summed E-state index contributed by atoms with van der Waals surface area (Å²) in [6.45, 7) is 24.1. The fourth-order valence-corrected chi connectivity index (χ4v) is 5.22. The molecule has 0 aromatic heterocycles. The van der Waals surface area contributed by atoms with Crippen molar-refractivity contribution in [3.63, 3.8) is 0 Å². The van der Waals surface area contributed by atoms with E-state index in [4.69, 9.17) is 29.2 Å². The third kappa shape index (κ3) is 7.47. The highest BCUT2D eigenvalue weighted by atomic mass is 32.1. The molecule has 1 heterocycles. The Morgan fingerprint density at radius 3 is 1.40 bits per heavy atom. The van der Waals surface area contributed by atoms with Gasteiger partial charge in [0.15, 0.2) is 21.7 Å². The fraction of sp³-hybridized carbons (Fsp3) is 0.576. The third-order valence-corrected chi connectivity index (χ3v) is 8.08. The van der Waals surface area contributed by atoms with Gasteiger partial charge in [0.1, 0.15) is 0 Å². The van der Waals surface area contributed by atoms with Crippen LogP contribution in [0.3, 0.4) is 0 Å². The molecule has 5 nitrogen and oxygen atoms in total. The number of hydrogen-bond acceptors (Lipinski definition) is 3. The number of hydrogen-bond donors (Lipinski definition) is 4. The smallest absolute Gasteiger partial charge is 0.170 e. The largest absolute Gasteiger partial charge is 0.452 e. The summed E-state index contributed by atoms with van der Waals surface area (Å²) in [5.41, 5.74) is 6.10. The normalized spacial score (nSPS) is 13.9.